The SMILES string of the molecule is CNCCC(C)Cc1ccc(C(C)(C)C)cc1. The Morgan fingerprint density at radius 2 is 1.71 bits per heavy atom. The highest BCUT2D eigenvalue weighted by molar-refractivity contribution is 5.27. The number of benzene rings is 1. The van der Waals surface area contributed by atoms with Crippen molar-refractivity contribution in [3.63, 3.8) is 0 Å². The second kappa shape index (κ2) is 6.20. The summed E-state index contributed by atoms with van der Waals surface area (Å²) in [6.07, 6.45) is 2.43. The maximum atomic E-state index is 3.21. The van der Waals surface area contributed by atoms with Crippen molar-refractivity contribution in [3.8, 4) is 0 Å². The first kappa shape index (κ1) is 14.2. The molecule has 1 nitrogen and oxygen atoms in total. The molecule has 0 amide bonds. The molecule has 0 heterocycles. The van der Waals surface area contributed by atoms with Crippen molar-refractivity contribution < 1.29 is 0 Å². The molecule has 1 aromatic carbocycles. The summed E-state index contributed by atoms with van der Waals surface area (Å²) in [6.45, 7) is 10.2. The Labute approximate surface area is 107 Å². The summed E-state index contributed by atoms with van der Waals surface area (Å²) < 4.78 is 0. The monoisotopic (exact) mass is 233 g/mol. The lowest BCUT2D eigenvalue weighted by atomic mass is 9.86. The Kier molecular flexibility index (Phi) is 5.20. The number of rotatable bonds is 5. The van der Waals surface area contributed by atoms with E-state index in [2.05, 4.69) is 57.3 Å². The highest BCUT2D eigenvalue weighted by Gasteiger charge is 2.13. The van der Waals surface area contributed by atoms with Crippen LogP contribution in [0.3, 0.4) is 0 Å². The van der Waals surface area contributed by atoms with Crippen molar-refractivity contribution in [3.05, 3.63) is 35.4 Å². The molecular weight excluding hydrogens is 206 g/mol. The first-order chi connectivity index (χ1) is 7.93. The second-order valence-corrected chi connectivity index (χ2v) is 6.15. The average Bonchev–Trinajstić information content (AvgIpc) is 2.26. The minimum Gasteiger partial charge on any atom is -0.320 e. The van der Waals surface area contributed by atoms with Crippen molar-refractivity contribution >= 4 is 0 Å². The molecular formula is C16H27N. The van der Waals surface area contributed by atoms with Gasteiger partial charge >= 0.3 is 0 Å². The summed E-state index contributed by atoms with van der Waals surface area (Å²) >= 11 is 0. The van der Waals surface area contributed by atoms with Crippen molar-refractivity contribution in [2.45, 2.75) is 46.0 Å². The van der Waals surface area contributed by atoms with E-state index in [1.165, 1.54) is 24.0 Å². The molecule has 0 aromatic heterocycles. The van der Waals surface area contributed by atoms with Crippen LogP contribution in [0.5, 0.6) is 0 Å². The molecule has 0 saturated heterocycles. The van der Waals surface area contributed by atoms with Crippen molar-refractivity contribution in [2.24, 2.45) is 5.92 Å². The smallest absolute Gasteiger partial charge is 0.00493 e. The van der Waals surface area contributed by atoms with Crippen LogP contribution in [0.1, 0.15) is 45.2 Å². The summed E-state index contributed by atoms with van der Waals surface area (Å²) in [5.41, 5.74) is 3.14. The van der Waals surface area contributed by atoms with Gasteiger partial charge in [-0.2, -0.15) is 0 Å². The Balaban J connectivity index is 2.56. The zero-order chi connectivity index (χ0) is 12.9. The van der Waals surface area contributed by atoms with Crippen LogP contribution >= 0.6 is 0 Å². The van der Waals surface area contributed by atoms with Crippen LogP contribution in [0.4, 0.5) is 0 Å². The van der Waals surface area contributed by atoms with Gasteiger partial charge in [0.25, 0.3) is 0 Å². The van der Waals surface area contributed by atoms with E-state index < -0.39 is 0 Å². The summed E-state index contributed by atoms with van der Waals surface area (Å²) in [5, 5.41) is 3.21. The van der Waals surface area contributed by atoms with Crippen molar-refractivity contribution in [1.82, 2.24) is 5.32 Å². The zero-order valence-electron chi connectivity index (χ0n) is 12.0. The lowest BCUT2D eigenvalue weighted by Crippen LogP contribution is -2.13. The van der Waals surface area contributed by atoms with Gasteiger partial charge in [-0.25, -0.2) is 0 Å². The Morgan fingerprint density at radius 1 is 1.12 bits per heavy atom. The molecule has 1 unspecified atom stereocenters. The molecule has 0 saturated carbocycles. The first-order valence-electron chi connectivity index (χ1n) is 6.67. The maximum Gasteiger partial charge on any atom is -0.00493 e. The Morgan fingerprint density at radius 3 is 2.18 bits per heavy atom. The quantitative estimate of drug-likeness (QED) is 0.816. The predicted molar refractivity (Wildman–Crippen MR) is 76.6 cm³/mol. The minimum atomic E-state index is 0.260. The van der Waals surface area contributed by atoms with Crippen LogP contribution in [0.2, 0.25) is 0 Å². The van der Waals surface area contributed by atoms with Crippen molar-refractivity contribution in [2.75, 3.05) is 13.6 Å². The van der Waals surface area contributed by atoms with Gasteiger partial charge < -0.3 is 5.32 Å². The molecule has 1 aromatic rings. The normalized spacial score (nSPS) is 13.7. The van der Waals surface area contributed by atoms with Gasteiger partial charge in [0.05, 0.1) is 0 Å². The average molecular weight is 233 g/mol. The molecule has 1 N–H and O–H groups in total. The molecule has 0 spiro atoms. The molecule has 0 radical (unpaired) electrons. The lowest BCUT2D eigenvalue weighted by Gasteiger charge is -2.19. The van der Waals surface area contributed by atoms with Gasteiger partial charge in [-0.15, -0.1) is 0 Å². The number of hydrogen-bond acceptors (Lipinski definition) is 1. The standard InChI is InChI=1S/C16H27N/c1-13(10-11-17-5)12-14-6-8-15(9-7-14)16(2,3)4/h6-9,13,17H,10-12H2,1-5H3. The van der Waals surface area contributed by atoms with Gasteiger partial charge in [0.2, 0.25) is 0 Å². The zero-order valence-corrected chi connectivity index (χ0v) is 12.0. The highest BCUT2D eigenvalue weighted by Crippen LogP contribution is 2.23. The summed E-state index contributed by atoms with van der Waals surface area (Å²) in [7, 11) is 2.02. The topological polar surface area (TPSA) is 12.0 Å². The van der Waals surface area contributed by atoms with Gasteiger partial charge in [0, 0.05) is 0 Å². The third kappa shape index (κ3) is 4.91. The Bertz CT molecular complexity index is 318. The first-order valence-corrected chi connectivity index (χ1v) is 6.67. The molecule has 0 bridgehead atoms. The number of hydrogen-bond donors (Lipinski definition) is 1. The van der Waals surface area contributed by atoms with Crippen LogP contribution in [0, 0.1) is 5.92 Å². The van der Waals surface area contributed by atoms with Crippen LogP contribution in [-0.4, -0.2) is 13.6 Å². The largest absolute Gasteiger partial charge is 0.320 e. The lowest BCUT2D eigenvalue weighted by molar-refractivity contribution is 0.514. The molecule has 17 heavy (non-hydrogen) atoms. The molecule has 0 aliphatic rings. The van der Waals surface area contributed by atoms with Gasteiger partial charge in [-0.3, -0.25) is 0 Å². The molecule has 1 atom stereocenters. The van der Waals surface area contributed by atoms with Gasteiger partial charge in [-0.1, -0.05) is 52.0 Å². The van der Waals surface area contributed by atoms with E-state index >= 15 is 0 Å². The second-order valence-electron chi connectivity index (χ2n) is 6.15. The van der Waals surface area contributed by atoms with E-state index in [-0.39, 0.29) is 5.41 Å². The molecule has 96 valence electrons. The van der Waals surface area contributed by atoms with E-state index in [1.54, 1.807) is 0 Å². The number of nitrogens with one attached hydrogen (secondary N) is 1. The third-order valence-corrected chi connectivity index (χ3v) is 3.29. The van der Waals surface area contributed by atoms with Gasteiger partial charge in [0.1, 0.15) is 0 Å². The van der Waals surface area contributed by atoms with E-state index in [4.69, 9.17) is 0 Å². The van der Waals surface area contributed by atoms with Crippen LogP contribution in [-0.2, 0) is 11.8 Å². The van der Waals surface area contributed by atoms with E-state index in [0.717, 1.165) is 12.5 Å². The summed E-state index contributed by atoms with van der Waals surface area (Å²) in [5.74, 6) is 0.753. The third-order valence-electron chi connectivity index (χ3n) is 3.29. The minimum absolute atomic E-state index is 0.260. The maximum absolute atomic E-state index is 3.21. The van der Waals surface area contributed by atoms with E-state index in [0.29, 0.717) is 0 Å². The van der Waals surface area contributed by atoms with Crippen LogP contribution < -0.4 is 5.32 Å². The highest BCUT2D eigenvalue weighted by atomic mass is 14.8. The van der Waals surface area contributed by atoms with Gasteiger partial charge in [0.15, 0.2) is 0 Å². The summed E-state index contributed by atoms with van der Waals surface area (Å²) in [6, 6.07) is 9.13. The fraction of sp³-hybridized carbons (Fsp3) is 0.625. The predicted octanol–water partition coefficient (Wildman–Crippen LogP) is 3.77. The molecule has 1 rings (SSSR count). The van der Waals surface area contributed by atoms with Crippen LogP contribution in [0.25, 0.3) is 0 Å². The Hall–Kier alpha value is -0.820. The van der Waals surface area contributed by atoms with Gasteiger partial charge in [-0.05, 0) is 48.9 Å². The molecule has 0 aliphatic heterocycles. The fourth-order valence-corrected chi connectivity index (χ4v) is 2.04. The fourth-order valence-electron chi connectivity index (χ4n) is 2.04. The summed E-state index contributed by atoms with van der Waals surface area (Å²) in [4.78, 5) is 0. The molecule has 0 aliphatic carbocycles. The van der Waals surface area contributed by atoms with Crippen molar-refractivity contribution in [1.29, 1.82) is 0 Å². The molecule has 1 heteroatoms. The van der Waals surface area contributed by atoms with E-state index in [9.17, 15) is 0 Å². The molecule has 0 fully saturated rings. The van der Waals surface area contributed by atoms with E-state index in [1.807, 2.05) is 7.05 Å². The van der Waals surface area contributed by atoms with Crippen LogP contribution in [0.15, 0.2) is 24.3 Å².